The first-order valence-corrected chi connectivity index (χ1v) is 6.54. The fourth-order valence-electron chi connectivity index (χ4n) is 3.29. The van der Waals surface area contributed by atoms with Crippen LogP contribution in [0.25, 0.3) is 0 Å². The van der Waals surface area contributed by atoms with Gasteiger partial charge in [0.1, 0.15) is 5.82 Å². The first-order chi connectivity index (χ1) is 9.58. The summed E-state index contributed by atoms with van der Waals surface area (Å²) >= 11 is 0. The van der Waals surface area contributed by atoms with Crippen molar-refractivity contribution in [3.05, 3.63) is 42.2 Å². The number of amides is 1. The Labute approximate surface area is 115 Å². The minimum atomic E-state index is -0.962. The number of hydrogen-bond donors (Lipinski definition) is 2. The van der Waals surface area contributed by atoms with E-state index in [0.717, 1.165) is 0 Å². The number of carbonyl (C=O) groups excluding carboxylic acids is 1. The fourth-order valence-corrected chi connectivity index (χ4v) is 3.29. The number of rotatable bonds is 3. The van der Waals surface area contributed by atoms with Crippen LogP contribution in [0.5, 0.6) is 0 Å². The summed E-state index contributed by atoms with van der Waals surface area (Å²) in [6.45, 7) is 0. The minimum Gasteiger partial charge on any atom is -0.481 e. The molecule has 1 aromatic rings. The lowest BCUT2D eigenvalue weighted by Gasteiger charge is -2.23. The van der Waals surface area contributed by atoms with Gasteiger partial charge >= 0.3 is 5.97 Å². The number of carboxylic acid groups (broad SMARTS) is 1. The van der Waals surface area contributed by atoms with Crippen LogP contribution in [0, 0.1) is 29.5 Å². The molecule has 1 fully saturated rings. The van der Waals surface area contributed by atoms with Crippen molar-refractivity contribution in [2.45, 2.75) is 6.42 Å². The summed E-state index contributed by atoms with van der Waals surface area (Å²) in [5, 5.41) is 11.8. The molecular weight excluding hydrogens is 261 g/mol. The van der Waals surface area contributed by atoms with Crippen LogP contribution in [-0.4, -0.2) is 17.0 Å². The zero-order valence-corrected chi connectivity index (χ0v) is 10.6. The number of anilines is 1. The average Bonchev–Trinajstić information content (AvgIpc) is 3.01. The molecule has 2 N–H and O–H groups in total. The third-order valence-electron chi connectivity index (χ3n) is 4.18. The maximum atomic E-state index is 13.5. The van der Waals surface area contributed by atoms with E-state index in [1.807, 2.05) is 12.2 Å². The third kappa shape index (κ3) is 1.99. The second-order valence-electron chi connectivity index (χ2n) is 5.31. The molecule has 5 heteroatoms. The van der Waals surface area contributed by atoms with Crippen molar-refractivity contribution in [3.63, 3.8) is 0 Å². The highest BCUT2D eigenvalue weighted by Crippen LogP contribution is 2.48. The van der Waals surface area contributed by atoms with E-state index in [4.69, 9.17) is 0 Å². The summed E-state index contributed by atoms with van der Waals surface area (Å²) < 4.78 is 13.5. The molecule has 104 valence electrons. The lowest BCUT2D eigenvalue weighted by molar-refractivity contribution is -0.146. The number of para-hydroxylation sites is 1. The van der Waals surface area contributed by atoms with Gasteiger partial charge in [-0.2, -0.15) is 0 Å². The summed E-state index contributed by atoms with van der Waals surface area (Å²) in [6, 6.07) is 5.87. The lowest BCUT2D eigenvalue weighted by atomic mass is 9.82. The summed E-state index contributed by atoms with van der Waals surface area (Å²) in [6.07, 6.45) is 4.46. The number of hydrogen-bond acceptors (Lipinski definition) is 2. The number of benzene rings is 1. The van der Waals surface area contributed by atoms with Gasteiger partial charge in [0.25, 0.3) is 0 Å². The largest absolute Gasteiger partial charge is 0.481 e. The van der Waals surface area contributed by atoms with Crippen molar-refractivity contribution in [2.24, 2.45) is 23.7 Å². The van der Waals surface area contributed by atoms with Crippen molar-refractivity contribution in [1.29, 1.82) is 0 Å². The number of fused-ring (bicyclic) bond motifs is 2. The molecule has 20 heavy (non-hydrogen) atoms. The van der Waals surface area contributed by atoms with Gasteiger partial charge in [0.2, 0.25) is 5.91 Å². The Hall–Kier alpha value is -2.17. The molecule has 4 atom stereocenters. The van der Waals surface area contributed by atoms with Crippen LogP contribution in [0.4, 0.5) is 10.1 Å². The molecule has 0 radical (unpaired) electrons. The number of carboxylic acids is 1. The van der Waals surface area contributed by atoms with Crippen LogP contribution in [0.1, 0.15) is 6.42 Å². The normalized spacial score (nSPS) is 30.4. The molecule has 1 amide bonds. The summed E-state index contributed by atoms with van der Waals surface area (Å²) in [7, 11) is 0. The molecule has 1 saturated carbocycles. The van der Waals surface area contributed by atoms with Crippen molar-refractivity contribution >= 4 is 17.6 Å². The van der Waals surface area contributed by atoms with E-state index < -0.39 is 29.5 Å². The molecule has 2 bridgehead atoms. The Morgan fingerprint density at radius 1 is 1.15 bits per heavy atom. The van der Waals surface area contributed by atoms with Crippen LogP contribution >= 0.6 is 0 Å². The van der Waals surface area contributed by atoms with Crippen LogP contribution < -0.4 is 5.32 Å². The predicted molar refractivity (Wildman–Crippen MR) is 70.4 cm³/mol. The van der Waals surface area contributed by atoms with Gasteiger partial charge in [-0.15, -0.1) is 0 Å². The fraction of sp³-hybridized carbons (Fsp3) is 0.333. The van der Waals surface area contributed by atoms with Crippen LogP contribution in [-0.2, 0) is 9.59 Å². The predicted octanol–water partition coefficient (Wildman–Crippen LogP) is 2.29. The minimum absolute atomic E-state index is 0.0622. The van der Waals surface area contributed by atoms with E-state index >= 15 is 0 Å². The number of aliphatic carboxylic acids is 1. The van der Waals surface area contributed by atoms with Crippen LogP contribution in [0.15, 0.2) is 36.4 Å². The summed E-state index contributed by atoms with van der Waals surface area (Å²) in [5.74, 6) is -3.39. The van der Waals surface area contributed by atoms with Gasteiger partial charge in [0.15, 0.2) is 0 Å². The Morgan fingerprint density at radius 2 is 1.80 bits per heavy atom. The van der Waals surface area contributed by atoms with Gasteiger partial charge in [0, 0.05) is 0 Å². The molecule has 0 heterocycles. The molecule has 2 aliphatic carbocycles. The summed E-state index contributed by atoms with van der Waals surface area (Å²) in [5.41, 5.74) is 0.0911. The molecule has 0 aromatic heterocycles. The lowest BCUT2D eigenvalue weighted by Crippen LogP contribution is -2.36. The van der Waals surface area contributed by atoms with Gasteiger partial charge in [-0.25, -0.2) is 4.39 Å². The van der Waals surface area contributed by atoms with Gasteiger partial charge in [-0.05, 0) is 30.4 Å². The smallest absolute Gasteiger partial charge is 0.307 e. The first kappa shape index (κ1) is 12.8. The monoisotopic (exact) mass is 275 g/mol. The Morgan fingerprint density at radius 3 is 2.45 bits per heavy atom. The van der Waals surface area contributed by atoms with E-state index in [1.165, 1.54) is 18.2 Å². The van der Waals surface area contributed by atoms with Gasteiger partial charge in [-0.3, -0.25) is 9.59 Å². The molecule has 0 saturated heterocycles. The topological polar surface area (TPSA) is 66.4 Å². The zero-order valence-electron chi connectivity index (χ0n) is 10.6. The van der Waals surface area contributed by atoms with E-state index in [9.17, 15) is 19.1 Å². The second-order valence-corrected chi connectivity index (χ2v) is 5.31. The van der Waals surface area contributed by atoms with Crippen molar-refractivity contribution in [2.75, 3.05) is 5.32 Å². The Balaban J connectivity index is 1.82. The van der Waals surface area contributed by atoms with Crippen molar-refractivity contribution in [1.82, 2.24) is 0 Å². The van der Waals surface area contributed by atoms with E-state index in [-0.39, 0.29) is 17.5 Å². The quantitative estimate of drug-likeness (QED) is 0.832. The number of halogens is 1. The van der Waals surface area contributed by atoms with Gasteiger partial charge in [0.05, 0.1) is 17.5 Å². The standard InChI is InChI=1S/C15H14FNO3/c16-10-3-1-2-4-11(10)17-14(18)12-8-5-6-9(7-8)13(12)15(19)20/h1-6,8-9,12-13H,7H2,(H,17,18)(H,19,20)/t8-,9-,12-,13-/m0/s1. The summed E-state index contributed by atoms with van der Waals surface area (Å²) in [4.78, 5) is 23.6. The SMILES string of the molecule is O=C(O)[C@@H]1[C@@H](C(=O)Nc2ccccc2F)[C@H]2C=C[C@H]1C2. The van der Waals surface area contributed by atoms with Gasteiger partial charge < -0.3 is 10.4 Å². The van der Waals surface area contributed by atoms with E-state index in [0.29, 0.717) is 6.42 Å². The van der Waals surface area contributed by atoms with Crippen LogP contribution in [0.2, 0.25) is 0 Å². The van der Waals surface area contributed by atoms with E-state index in [2.05, 4.69) is 5.32 Å². The van der Waals surface area contributed by atoms with Crippen molar-refractivity contribution < 1.29 is 19.1 Å². The molecular formula is C15H14FNO3. The maximum Gasteiger partial charge on any atom is 0.307 e. The highest BCUT2D eigenvalue weighted by atomic mass is 19.1. The molecule has 0 spiro atoms. The second kappa shape index (κ2) is 4.74. The van der Waals surface area contributed by atoms with Crippen molar-refractivity contribution in [3.8, 4) is 0 Å². The first-order valence-electron chi connectivity index (χ1n) is 6.54. The number of carbonyl (C=O) groups is 2. The van der Waals surface area contributed by atoms with Gasteiger partial charge in [-0.1, -0.05) is 24.3 Å². The highest BCUT2D eigenvalue weighted by Gasteiger charge is 2.51. The zero-order chi connectivity index (χ0) is 14.3. The molecule has 3 rings (SSSR count). The Kier molecular flexibility index (Phi) is 3.04. The molecule has 2 aliphatic rings. The molecule has 0 unspecified atom stereocenters. The number of allylic oxidation sites excluding steroid dienone is 2. The number of nitrogens with one attached hydrogen (secondary N) is 1. The average molecular weight is 275 g/mol. The Bertz CT molecular complexity index is 599. The highest BCUT2D eigenvalue weighted by molar-refractivity contribution is 5.96. The van der Waals surface area contributed by atoms with Crippen LogP contribution in [0.3, 0.4) is 0 Å². The van der Waals surface area contributed by atoms with E-state index in [1.54, 1.807) is 6.07 Å². The third-order valence-corrected chi connectivity index (χ3v) is 4.18. The molecule has 0 aliphatic heterocycles. The molecule has 1 aromatic carbocycles. The maximum absolute atomic E-state index is 13.5. The molecule has 4 nitrogen and oxygen atoms in total.